The number of carbonyl (C=O) groups is 1. The second kappa shape index (κ2) is 9.53. The summed E-state index contributed by atoms with van der Waals surface area (Å²) in [5.41, 5.74) is 0.668. The molecule has 7 heteroatoms. The number of carbonyl (C=O) groups excluding carboxylic acids is 1. The zero-order valence-electron chi connectivity index (χ0n) is 15.4. The molecule has 3 rings (SSSR count). The largest absolute Gasteiger partial charge is 0.497 e. The highest BCUT2D eigenvalue weighted by Gasteiger charge is 2.42. The molecule has 0 spiro atoms. The van der Waals surface area contributed by atoms with Gasteiger partial charge in [0, 0.05) is 50.8 Å². The Hall–Kier alpha value is -1.37. The number of amides is 1. The quantitative estimate of drug-likeness (QED) is 0.746. The van der Waals surface area contributed by atoms with E-state index in [0.29, 0.717) is 42.7 Å². The van der Waals surface area contributed by atoms with Gasteiger partial charge in [-0.05, 0) is 30.7 Å². The lowest BCUT2D eigenvalue weighted by Crippen LogP contribution is -2.41. The minimum absolute atomic E-state index is 0. The molecule has 1 saturated carbocycles. The maximum Gasteiger partial charge on any atom is 0.222 e. The SMILES string of the molecule is COCCC(=O)N[C@H]1CN(Cc2ccc(OC)cc2F)C[C@@H]1C1CC1.Cl. The fraction of sp³-hybridized carbons (Fsp3) is 0.632. The van der Waals surface area contributed by atoms with Gasteiger partial charge in [-0.25, -0.2) is 4.39 Å². The molecule has 1 aromatic rings. The van der Waals surface area contributed by atoms with Gasteiger partial charge in [0.05, 0.1) is 13.7 Å². The van der Waals surface area contributed by atoms with Gasteiger partial charge in [-0.2, -0.15) is 0 Å². The molecule has 0 radical (unpaired) electrons. The molecule has 2 atom stereocenters. The molecule has 1 saturated heterocycles. The third kappa shape index (κ3) is 5.32. The molecule has 2 aliphatic rings. The van der Waals surface area contributed by atoms with Crippen molar-refractivity contribution in [2.45, 2.75) is 31.8 Å². The van der Waals surface area contributed by atoms with Gasteiger partial charge in [0.1, 0.15) is 11.6 Å². The van der Waals surface area contributed by atoms with Gasteiger partial charge in [-0.3, -0.25) is 9.69 Å². The Kier molecular flexibility index (Phi) is 7.68. The Morgan fingerprint density at radius 3 is 2.69 bits per heavy atom. The molecule has 0 aromatic heterocycles. The fourth-order valence-corrected chi connectivity index (χ4v) is 3.70. The first-order valence-electron chi connectivity index (χ1n) is 8.93. The van der Waals surface area contributed by atoms with E-state index in [1.54, 1.807) is 19.2 Å². The highest BCUT2D eigenvalue weighted by molar-refractivity contribution is 5.85. The minimum Gasteiger partial charge on any atom is -0.497 e. The number of ether oxygens (including phenoxy) is 2. The van der Waals surface area contributed by atoms with Crippen LogP contribution in [0.1, 0.15) is 24.8 Å². The fourth-order valence-electron chi connectivity index (χ4n) is 3.70. The highest BCUT2D eigenvalue weighted by Crippen LogP contribution is 2.41. The monoisotopic (exact) mass is 386 g/mol. The van der Waals surface area contributed by atoms with Crippen LogP contribution in [0, 0.1) is 17.7 Å². The predicted molar refractivity (Wildman–Crippen MR) is 100 cm³/mol. The molecular weight excluding hydrogens is 359 g/mol. The van der Waals surface area contributed by atoms with Crippen molar-refractivity contribution in [3.63, 3.8) is 0 Å². The smallest absolute Gasteiger partial charge is 0.222 e. The van der Waals surface area contributed by atoms with E-state index >= 15 is 0 Å². The lowest BCUT2D eigenvalue weighted by atomic mass is 9.98. The number of hydrogen-bond donors (Lipinski definition) is 1. The van der Waals surface area contributed by atoms with Crippen LogP contribution in [0.2, 0.25) is 0 Å². The van der Waals surface area contributed by atoms with Crippen molar-refractivity contribution in [1.29, 1.82) is 0 Å². The topological polar surface area (TPSA) is 50.8 Å². The van der Waals surface area contributed by atoms with E-state index in [4.69, 9.17) is 9.47 Å². The van der Waals surface area contributed by atoms with Crippen LogP contribution in [0.15, 0.2) is 18.2 Å². The average molecular weight is 387 g/mol. The van der Waals surface area contributed by atoms with Crippen molar-refractivity contribution in [3.8, 4) is 5.75 Å². The Bertz CT molecular complexity index is 612. The summed E-state index contributed by atoms with van der Waals surface area (Å²) >= 11 is 0. The third-order valence-electron chi connectivity index (χ3n) is 5.20. The number of benzene rings is 1. The lowest BCUT2D eigenvalue weighted by molar-refractivity contribution is -0.122. The summed E-state index contributed by atoms with van der Waals surface area (Å²) in [6.07, 6.45) is 2.86. The van der Waals surface area contributed by atoms with Crippen molar-refractivity contribution >= 4 is 18.3 Å². The first-order chi connectivity index (χ1) is 12.1. The maximum absolute atomic E-state index is 14.2. The molecule has 0 bridgehead atoms. The molecular formula is C19H28ClFN2O3. The number of hydrogen-bond acceptors (Lipinski definition) is 4. The molecule has 1 N–H and O–H groups in total. The Labute approximate surface area is 160 Å². The summed E-state index contributed by atoms with van der Waals surface area (Å²) in [7, 11) is 3.13. The van der Waals surface area contributed by atoms with Gasteiger partial charge >= 0.3 is 0 Å². The number of likely N-dealkylation sites (tertiary alicyclic amines) is 1. The standard InChI is InChI=1S/C19H27FN2O3.ClH/c1-24-8-7-19(23)21-18-12-22(11-16(18)13-3-4-13)10-14-5-6-15(25-2)9-17(14)20;/h5-6,9,13,16,18H,3-4,7-8,10-12H2,1-2H3,(H,21,23);1H/t16-,18+;/m1./s1. The summed E-state index contributed by atoms with van der Waals surface area (Å²) in [6.45, 7) is 2.67. The van der Waals surface area contributed by atoms with Gasteiger partial charge in [0.2, 0.25) is 5.91 Å². The van der Waals surface area contributed by atoms with E-state index in [0.717, 1.165) is 13.1 Å². The number of nitrogens with one attached hydrogen (secondary N) is 1. The van der Waals surface area contributed by atoms with Crippen LogP contribution in [0.4, 0.5) is 4.39 Å². The van der Waals surface area contributed by atoms with E-state index in [2.05, 4.69) is 10.2 Å². The van der Waals surface area contributed by atoms with E-state index < -0.39 is 0 Å². The number of nitrogens with zero attached hydrogens (tertiary/aromatic N) is 1. The van der Waals surface area contributed by atoms with E-state index in [9.17, 15) is 9.18 Å². The number of methoxy groups -OCH3 is 2. The van der Waals surface area contributed by atoms with Crippen molar-refractivity contribution in [3.05, 3.63) is 29.6 Å². The van der Waals surface area contributed by atoms with Crippen molar-refractivity contribution in [2.75, 3.05) is 33.9 Å². The minimum atomic E-state index is -0.241. The zero-order valence-corrected chi connectivity index (χ0v) is 16.2. The summed E-state index contributed by atoms with van der Waals surface area (Å²) < 4.78 is 24.2. The molecule has 1 aliphatic carbocycles. The van der Waals surface area contributed by atoms with Crippen LogP contribution in [0.3, 0.4) is 0 Å². The van der Waals surface area contributed by atoms with Gasteiger partial charge in [0.15, 0.2) is 0 Å². The second-order valence-corrected chi connectivity index (χ2v) is 7.07. The van der Waals surface area contributed by atoms with Crippen molar-refractivity contribution < 1.29 is 18.7 Å². The van der Waals surface area contributed by atoms with Gasteiger partial charge in [-0.15, -0.1) is 12.4 Å². The summed E-state index contributed by atoms with van der Waals surface area (Å²) in [5, 5.41) is 3.16. The van der Waals surface area contributed by atoms with E-state index in [1.165, 1.54) is 26.0 Å². The van der Waals surface area contributed by atoms with Gasteiger partial charge in [0.25, 0.3) is 0 Å². The molecule has 146 valence electrons. The molecule has 5 nitrogen and oxygen atoms in total. The molecule has 0 unspecified atom stereocenters. The van der Waals surface area contributed by atoms with Crippen molar-refractivity contribution in [2.24, 2.45) is 11.8 Å². The molecule has 2 fully saturated rings. The zero-order chi connectivity index (χ0) is 17.8. The van der Waals surface area contributed by atoms with Crippen LogP contribution >= 0.6 is 12.4 Å². The van der Waals surface area contributed by atoms with Crippen LogP contribution in [-0.4, -0.2) is 50.8 Å². The average Bonchev–Trinajstić information content (AvgIpc) is 3.37. The van der Waals surface area contributed by atoms with Crippen molar-refractivity contribution in [1.82, 2.24) is 10.2 Å². The predicted octanol–water partition coefficient (Wildman–Crippen LogP) is 2.62. The van der Waals surface area contributed by atoms with E-state index in [1.807, 2.05) is 0 Å². The molecule has 1 heterocycles. The first kappa shape index (κ1) is 20.9. The summed E-state index contributed by atoms with van der Waals surface area (Å²) in [4.78, 5) is 14.3. The highest BCUT2D eigenvalue weighted by atomic mass is 35.5. The summed E-state index contributed by atoms with van der Waals surface area (Å²) in [5.74, 6) is 1.48. The number of halogens is 2. The molecule has 26 heavy (non-hydrogen) atoms. The molecule has 1 aromatic carbocycles. The normalized spacial score (nSPS) is 22.7. The Morgan fingerprint density at radius 1 is 1.31 bits per heavy atom. The second-order valence-electron chi connectivity index (χ2n) is 7.07. The van der Waals surface area contributed by atoms with E-state index in [-0.39, 0.29) is 30.2 Å². The molecule has 1 amide bonds. The molecule has 1 aliphatic heterocycles. The number of rotatable bonds is 8. The van der Waals surface area contributed by atoms with Gasteiger partial charge < -0.3 is 14.8 Å². The van der Waals surface area contributed by atoms with Crippen LogP contribution < -0.4 is 10.1 Å². The summed E-state index contributed by atoms with van der Waals surface area (Å²) in [6, 6.07) is 5.15. The van der Waals surface area contributed by atoms with Crippen LogP contribution in [0.25, 0.3) is 0 Å². The van der Waals surface area contributed by atoms with Crippen LogP contribution in [0.5, 0.6) is 5.75 Å². The van der Waals surface area contributed by atoms with Gasteiger partial charge in [-0.1, -0.05) is 6.07 Å². The maximum atomic E-state index is 14.2. The third-order valence-corrected chi connectivity index (χ3v) is 5.20. The Balaban J connectivity index is 0.00000243. The Morgan fingerprint density at radius 2 is 2.08 bits per heavy atom. The first-order valence-corrected chi connectivity index (χ1v) is 8.93. The van der Waals surface area contributed by atoms with Crippen LogP contribution in [-0.2, 0) is 16.1 Å². The lowest BCUT2D eigenvalue weighted by Gasteiger charge is -2.19.